The third kappa shape index (κ3) is 2.38. The Labute approximate surface area is 138 Å². The van der Waals surface area contributed by atoms with E-state index in [1.54, 1.807) is 13.1 Å². The van der Waals surface area contributed by atoms with Crippen molar-refractivity contribution < 1.29 is 4.39 Å². The van der Waals surface area contributed by atoms with E-state index in [4.69, 9.17) is 23.2 Å². The summed E-state index contributed by atoms with van der Waals surface area (Å²) in [6, 6.07) is 4.33. The highest BCUT2D eigenvalue weighted by molar-refractivity contribution is 6.33. The van der Waals surface area contributed by atoms with Gasteiger partial charge in [-0.2, -0.15) is 4.98 Å². The molecule has 22 heavy (non-hydrogen) atoms. The third-order valence-electron chi connectivity index (χ3n) is 3.79. The zero-order valence-electron chi connectivity index (χ0n) is 12.4. The lowest BCUT2D eigenvalue weighted by Gasteiger charge is -2.22. The van der Waals surface area contributed by atoms with Gasteiger partial charge >= 0.3 is 0 Å². The molecule has 3 rings (SSSR count). The van der Waals surface area contributed by atoms with Crippen LogP contribution < -0.4 is 10.2 Å². The van der Waals surface area contributed by atoms with Gasteiger partial charge in [-0.05, 0) is 29.8 Å². The molecular formula is C15H15Cl2FN4. The Balaban J connectivity index is 2.21. The van der Waals surface area contributed by atoms with Gasteiger partial charge in [0.25, 0.3) is 0 Å². The lowest BCUT2D eigenvalue weighted by Crippen LogP contribution is -2.25. The van der Waals surface area contributed by atoms with Gasteiger partial charge in [-0.15, -0.1) is 0 Å². The van der Waals surface area contributed by atoms with E-state index in [9.17, 15) is 4.39 Å². The van der Waals surface area contributed by atoms with Gasteiger partial charge in [-0.25, -0.2) is 9.37 Å². The molecule has 0 fully saturated rings. The van der Waals surface area contributed by atoms with Crippen molar-refractivity contribution in [3.05, 3.63) is 39.9 Å². The first-order valence-corrected chi connectivity index (χ1v) is 7.57. The number of rotatable bonds is 2. The Hall–Kier alpha value is -1.59. The minimum atomic E-state index is -0.371. The molecule has 2 aromatic rings. The standard InChI is InChI=1S/C15H15Cl2FN4/c1-15(2)7-22(10-5-4-8(18)6-9(10)16)13-11(15)12(19-3)20-14(17)21-13/h4-6H,7H2,1-3H3,(H,19,20,21). The molecular weight excluding hydrogens is 326 g/mol. The highest BCUT2D eigenvalue weighted by Gasteiger charge is 2.40. The molecule has 0 amide bonds. The van der Waals surface area contributed by atoms with E-state index in [-0.39, 0.29) is 16.5 Å². The molecule has 0 bridgehead atoms. The first-order chi connectivity index (χ1) is 10.3. The average Bonchev–Trinajstić information content (AvgIpc) is 2.69. The summed E-state index contributed by atoms with van der Waals surface area (Å²) in [7, 11) is 1.79. The van der Waals surface area contributed by atoms with Gasteiger partial charge in [0.05, 0.1) is 10.7 Å². The summed E-state index contributed by atoms with van der Waals surface area (Å²) < 4.78 is 13.3. The molecule has 1 aromatic heterocycles. The van der Waals surface area contributed by atoms with E-state index >= 15 is 0 Å². The van der Waals surface area contributed by atoms with Gasteiger partial charge in [0, 0.05) is 24.6 Å². The highest BCUT2D eigenvalue weighted by atomic mass is 35.5. The van der Waals surface area contributed by atoms with Crippen LogP contribution >= 0.6 is 23.2 Å². The van der Waals surface area contributed by atoms with Crippen molar-refractivity contribution >= 4 is 40.5 Å². The van der Waals surface area contributed by atoms with E-state index in [2.05, 4.69) is 29.1 Å². The van der Waals surface area contributed by atoms with Crippen LogP contribution in [0.15, 0.2) is 18.2 Å². The van der Waals surface area contributed by atoms with Crippen LogP contribution in [0.2, 0.25) is 10.3 Å². The van der Waals surface area contributed by atoms with Gasteiger partial charge in [-0.3, -0.25) is 0 Å². The molecule has 0 radical (unpaired) electrons. The first-order valence-electron chi connectivity index (χ1n) is 6.82. The molecule has 0 saturated carbocycles. The van der Waals surface area contributed by atoms with Gasteiger partial charge in [-0.1, -0.05) is 25.4 Å². The average molecular weight is 341 g/mol. The number of aromatic nitrogens is 2. The number of benzene rings is 1. The number of halogens is 3. The maximum atomic E-state index is 13.3. The molecule has 4 nitrogen and oxygen atoms in total. The van der Waals surface area contributed by atoms with Gasteiger partial charge in [0.1, 0.15) is 17.5 Å². The van der Waals surface area contributed by atoms with Crippen LogP contribution in [0.1, 0.15) is 19.4 Å². The van der Waals surface area contributed by atoms with Crippen LogP contribution in [0.4, 0.5) is 21.7 Å². The van der Waals surface area contributed by atoms with Crippen molar-refractivity contribution in [1.29, 1.82) is 0 Å². The quantitative estimate of drug-likeness (QED) is 0.823. The number of nitrogens with zero attached hydrogens (tertiary/aromatic N) is 3. The lowest BCUT2D eigenvalue weighted by molar-refractivity contribution is 0.569. The van der Waals surface area contributed by atoms with Gasteiger partial charge < -0.3 is 10.2 Å². The smallest absolute Gasteiger partial charge is 0.226 e. The number of nitrogens with one attached hydrogen (secondary N) is 1. The molecule has 116 valence electrons. The van der Waals surface area contributed by atoms with Crippen molar-refractivity contribution in [3.63, 3.8) is 0 Å². The Morgan fingerprint density at radius 1 is 1.27 bits per heavy atom. The van der Waals surface area contributed by atoms with Crippen molar-refractivity contribution in [2.24, 2.45) is 0 Å². The minimum absolute atomic E-state index is 0.157. The normalized spacial score (nSPS) is 15.8. The van der Waals surface area contributed by atoms with E-state index < -0.39 is 0 Å². The summed E-state index contributed by atoms with van der Waals surface area (Å²) in [6.45, 7) is 4.85. The fraction of sp³-hybridized carbons (Fsp3) is 0.333. The second-order valence-corrected chi connectivity index (χ2v) is 6.60. The maximum Gasteiger partial charge on any atom is 0.226 e. The summed E-state index contributed by atoms with van der Waals surface area (Å²) in [4.78, 5) is 10.6. The molecule has 1 aliphatic heterocycles. The number of hydrogen-bond donors (Lipinski definition) is 1. The molecule has 0 aliphatic carbocycles. The lowest BCUT2D eigenvalue weighted by atomic mass is 9.88. The number of anilines is 3. The van der Waals surface area contributed by atoms with Crippen LogP contribution in [0.25, 0.3) is 0 Å². The second-order valence-electron chi connectivity index (χ2n) is 5.86. The van der Waals surface area contributed by atoms with Crippen molar-refractivity contribution in [1.82, 2.24) is 9.97 Å². The van der Waals surface area contributed by atoms with Crippen LogP contribution in [0, 0.1) is 5.82 Å². The minimum Gasteiger partial charge on any atom is -0.373 e. The molecule has 2 heterocycles. The van der Waals surface area contributed by atoms with E-state index in [0.717, 1.165) is 5.56 Å². The van der Waals surface area contributed by atoms with Crippen LogP contribution in [0.3, 0.4) is 0 Å². The summed E-state index contributed by atoms with van der Waals surface area (Å²) in [5.74, 6) is 1.02. The molecule has 0 unspecified atom stereocenters. The Morgan fingerprint density at radius 2 is 2.00 bits per heavy atom. The maximum absolute atomic E-state index is 13.3. The fourth-order valence-electron chi connectivity index (χ4n) is 2.87. The molecule has 0 spiro atoms. The third-order valence-corrected chi connectivity index (χ3v) is 4.26. The number of hydrogen-bond acceptors (Lipinski definition) is 4. The first kappa shape index (κ1) is 15.3. The topological polar surface area (TPSA) is 41.1 Å². The van der Waals surface area contributed by atoms with Gasteiger partial charge in [0.15, 0.2) is 0 Å². The zero-order valence-corrected chi connectivity index (χ0v) is 13.9. The van der Waals surface area contributed by atoms with Crippen LogP contribution in [0.5, 0.6) is 0 Å². The van der Waals surface area contributed by atoms with Crippen LogP contribution in [-0.4, -0.2) is 23.6 Å². The Morgan fingerprint density at radius 3 is 2.64 bits per heavy atom. The van der Waals surface area contributed by atoms with E-state index in [1.807, 2.05) is 4.90 Å². The highest BCUT2D eigenvalue weighted by Crippen LogP contribution is 2.47. The predicted octanol–water partition coefficient (Wildman–Crippen LogP) is 4.39. The SMILES string of the molecule is CNc1nc(Cl)nc2c1C(C)(C)CN2c1ccc(F)cc1Cl. The van der Waals surface area contributed by atoms with E-state index in [1.165, 1.54) is 12.1 Å². The Bertz CT molecular complexity index is 749. The molecule has 0 atom stereocenters. The molecule has 1 N–H and O–H groups in total. The largest absolute Gasteiger partial charge is 0.373 e. The molecule has 7 heteroatoms. The summed E-state index contributed by atoms with van der Waals surface area (Å²) in [6.07, 6.45) is 0. The summed E-state index contributed by atoms with van der Waals surface area (Å²) in [5.41, 5.74) is 1.47. The summed E-state index contributed by atoms with van der Waals surface area (Å²) in [5, 5.41) is 3.56. The molecule has 0 saturated heterocycles. The monoisotopic (exact) mass is 340 g/mol. The molecule has 1 aliphatic rings. The zero-order chi connectivity index (χ0) is 16.1. The molecule has 1 aromatic carbocycles. The van der Waals surface area contributed by atoms with Crippen molar-refractivity contribution in [2.75, 3.05) is 23.8 Å². The van der Waals surface area contributed by atoms with Gasteiger partial charge in [0.2, 0.25) is 5.28 Å². The van der Waals surface area contributed by atoms with Crippen LogP contribution in [-0.2, 0) is 5.41 Å². The van der Waals surface area contributed by atoms with Crippen molar-refractivity contribution in [3.8, 4) is 0 Å². The predicted molar refractivity (Wildman–Crippen MR) is 88.0 cm³/mol. The van der Waals surface area contributed by atoms with Crippen molar-refractivity contribution in [2.45, 2.75) is 19.3 Å². The Kier molecular flexibility index (Phi) is 3.65. The summed E-state index contributed by atoms with van der Waals surface area (Å²) >= 11 is 12.2. The van der Waals surface area contributed by atoms with E-state index in [0.29, 0.717) is 28.9 Å². The number of fused-ring (bicyclic) bond motifs is 1. The fourth-order valence-corrected chi connectivity index (χ4v) is 3.30. The second kappa shape index (κ2) is 5.25.